The van der Waals surface area contributed by atoms with Gasteiger partial charge in [-0.05, 0) is 62.0 Å². The zero-order valence-corrected chi connectivity index (χ0v) is 19.7. The molecule has 4 nitrogen and oxygen atoms in total. The number of benzene rings is 1. The van der Waals surface area contributed by atoms with Gasteiger partial charge in [0.15, 0.2) is 8.32 Å². The highest BCUT2D eigenvalue weighted by molar-refractivity contribution is 6.74. The number of hydrogen-bond acceptors (Lipinski definition) is 4. The summed E-state index contributed by atoms with van der Waals surface area (Å²) in [7, 11) is -0.107. The van der Waals surface area contributed by atoms with Crippen LogP contribution in [-0.4, -0.2) is 39.3 Å². The van der Waals surface area contributed by atoms with E-state index in [4.69, 9.17) is 13.9 Å². The predicted molar refractivity (Wildman–Crippen MR) is 118 cm³/mol. The minimum Gasteiger partial charge on any atom is -0.497 e. The van der Waals surface area contributed by atoms with Crippen molar-refractivity contribution in [2.24, 2.45) is 0 Å². The van der Waals surface area contributed by atoms with E-state index in [-0.39, 0.29) is 11.1 Å². The summed E-state index contributed by atoms with van der Waals surface area (Å²) >= 11 is 0. The fourth-order valence-electron chi connectivity index (χ4n) is 2.31. The van der Waals surface area contributed by atoms with Crippen molar-refractivity contribution < 1.29 is 19.0 Å². The summed E-state index contributed by atoms with van der Waals surface area (Å²) < 4.78 is 17.0. The number of methoxy groups -OCH3 is 1. The molecule has 158 valence electrons. The second-order valence-corrected chi connectivity index (χ2v) is 13.6. The summed E-state index contributed by atoms with van der Waals surface area (Å²) in [6.45, 7) is 14.1. The number of aliphatic hydroxyl groups excluding tert-OH is 1. The van der Waals surface area contributed by atoms with Crippen LogP contribution in [0.3, 0.4) is 0 Å². The number of aliphatic hydroxyl groups is 1. The van der Waals surface area contributed by atoms with Crippen molar-refractivity contribution >= 4 is 8.32 Å². The molecule has 1 aromatic carbocycles. The fraction of sp³-hybridized carbons (Fsp3) is 0.652. The molecular weight excluding hydrogens is 368 g/mol. The van der Waals surface area contributed by atoms with Gasteiger partial charge in [-0.25, -0.2) is 0 Å². The molecule has 0 fully saturated rings. The lowest BCUT2D eigenvalue weighted by atomic mass is 10.1. The Kier molecular flexibility index (Phi) is 10.3. The molecular formula is C23H38O4Si. The van der Waals surface area contributed by atoms with E-state index in [1.54, 1.807) is 7.11 Å². The monoisotopic (exact) mass is 406 g/mol. The lowest BCUT2D eigenvalue weighted by Gasteiger charge is -2.35. The Bertz CT molecular complexity index is 623. The molecule has 0 aliphatic carbocycles. The van der Waals surface area contributed by atoms with Gasteiger partial charge in [-0.2, -0.15) is 0 Å². The predicted octanol–water partition coefficient (Wildman–Crippen LogP) is 5.16. The molecule has 0 aliphatic rings. The Morgan fingerprint density at radius 2 is 1.75 bits per heavy atom. The lowest BCUT2D eigenvalue weighted by Crippen LogP contribution is -2.40. The van der Waals surface area contributed by atoms with E-state index in [0.717, 1.165) is 24.2 Å². The van der Waals surface area contributed by atoms with Crippen LogP contribution in [0.15, 0.2) is 24.3 Å². The fourth-order valence-corrected chi connectivity index (χ4v) is 3.17. The first-order valence-corrected chi connectivity index (χ1v) is 13.0. The van der Waals surface area contributed by atoms with E-state index in [1.165, 1.54) is 0 Å². The topological polar surface area (TPSA) is 47.9 Å². The molecule has 0 saturated heterocycles. The zero-order chi connectivity index (χ0) is 21.2. The quantitative estimate of drug-likeness (QED) is 0.431. The van der Waals surface area contributed by atoms with E-state index in [9.17, 15) is 5.11 Å². The van der Waals surface area contributed by atoms with Crippen LogP contribution < -0.4 is 4.74 Å². The summed E-state index contributed by atoms with van der Waals surface area (Å²) in [4.78, 5) is 0. The van der Waals surface area contributed by atoms with Crippen molar-refractivity contribution in [1.29, 1.82) is 0 Å². The van der Waals surface area contributed by atoms with E-state index >= 15 is 0 Å². The third-order valence-electron chi connectivity index (χ3n) is 5.36. The van der Waals surface area contributed by atoms with Crippen LogP contribution >= 0.6 is 0 Å². The molecule has 0 saturated carbocycles. The standard InChI is InChI=1S/C23H38O4Si/c1-19(26-18-20-13-15-22(25-5)16-14-20)10-8-11-21(24)12-9-17-27-28(6,7)23(2,3)4/h13-16,19,21,24H,8,10-11,17-18H2,1-7H3/t19-,21?/m0/s1. The maximum atomic E-state index is 10.0. The minimum atomic E-state index is -1.77. The molecule has 5 heteroatoms. The van der Waals surface area contributed by atoms with Crippen LogP contribution in [0.5, 0.6) is 5.75 Å². The summed E-state index contributed by atoms with van der Waals surface area (Å²) in [6, 6.07) is 7.90. The lowest BCUT2D eigenvalue weighted by molar-refractivity contribution is 0.0442. The highest BCUT2D eigenvalue weighted by Gasteiger charge is 2.36. The van der Waals surface area contributed by atoms with Gasteiger partial charge in [0.25, 0.3) is 0 Å². The van der Waals surface area contributed by atoms with Gasteiger partial charge >= 0.3 is 0 Å². The molecule has 1 rings (SSSR count). The SMILES string of the molecule is COc1ccc(CO[C@@H](C)CCCC(O)C#CCO[Si](C)(C)C(C)(C)C)cc1. The Hall–Kier alpha value is -1.32. The molecule has 0 spiro atoms. The van der Waals surface area contributed by atoms with E-state index in [2.05, 4.69) is 52.6 Å². The third kappa shape index (κ3) is 9.25. The van der Waals surface area contributed by atoms with Crippen molar-refractivity contribution in [3.63, 3.8) is 0 Å². The van der Waals surface area contributed by atoms with Crippen molar-refractivity contribution in [3.05, 3.63) is 29.8 Å². The van der Waals surface area contributed by atoms with Gasteiger partial charge in [-0.15, -0.1) is 0 Å². The molecule has 28 heavy (non-hydrogen) atoms. The molecule has 0 aromatic heterocycles. The number of ether oxygens (including phenoxy) is 2. The first-order chi connectivity index (χ1) is 13.0. The highest BCUT2D eigenvalue weighted by atomic mass is 28.4. The van der Waals surface area contributed by atoms with Gasteiger partial charge < -0.3 is 19.0 Å². The normalized spacial score (nSPS) is 14.1. The first kappa shape index (κ1) is 24.7. The van der Waals surface area contributed by atoms with Gasteiger partial charge in [0.2, 0.25) is 0 Å². The smallest absolute Gasteiger partial charge is 0.193 e. The van der Waals surface area contributed by atoms with Crippen molar-refractivity contribution in [1.82, 2.24) is 0 Å². The van der Waals surface area contributed by atoms with Crippen molar-refractivity contribution in [2.45, 2.75) is 83.9 Å². The summed E-state index contributed by atoms with van der Waals surface area (Å²) in [5, 5.41) is 10.2. The summed E-state index contributed by atoms with van der Waals surface area (Å²) in [5.41, 5.74) is 1.13. The largest absolute Gasteiger partial charge is 0.497 e. The molecule has 1 unspecified atom stereocenters. The van der Waals surface area contributed by atoms with Gasteiger partial charge in [0.05, 0.1) is 26.4 Å². The molecule has 0 radical (unpaired) electrons. The van der Waals surface area contributed by atoms with Gasteiger partial charge in [-0.3, -0.25) is 0 Å². The maximum absolute atomic E-state index is 10.0. The summed E-state index contributed by atoms with van der Waals surface area (Å²) in [5.74, 6) is 6.73. The Balaban J connectivity index is 2.22. The average Bonchev–Trinajstić information content (AvgIpc) is 2.63. The minimum absolute atomic E-state index is 0.143. The van der Waals surface area contributed by atoms with Gasteiger partial charge in [0, 0.05) is 0 Å². The number of rotatable bonds is 10. The second-order valence-electron chi connectivity index (χ2n) is 8.79. The van der Waals surface area contributed by atoms with Crippen molar-refractivity contribution in [2.75, 3.05) is 13.7 Å². The Morgan fingerprint density at radius 3 is 2.32 bits per heavy atom. The average molecular weight is 407 g/mol. The number of hydrogen-bond donors (Lipinski definition) is 1. The van der Waals surface area contributed by atoms with Crippen LogP contribution in [0.2, 0.25) is 18.1 Å². The molecule has 0 heterocycles. The molecule has 0 aliphatic heterocycles. The van der Waals surface area contributed by atoms with Crippen LogP contribution in [0.4, 0.5) is 0 Å². The van der Waals surface area contributed by atoms with Crippen LogP contribution in [0.1, 0.15) is 52.5 Å². The third-order valence-corrected chi connectivity index (χ3v) is 9.84. The molecule has 0 bridgehead atoms. The Labute approximate surface area is 172 Å². The van der Waals surface area contributed by atoms with E-state index < -0.39 is 14.4 Å². The zero-order valence-electron chi connectivity index (χ0n) is 18.7. The van der Waals surface area contributed by atoms with Gasteiger partial charge in [-0.1, -0.05) is 44.7 Å². The second kappa shape index (κ2) is 11.6. The molecule has 2 atom stereocenters. The maximum Gasteiger partial charge on any atom is 0.193 e. The molecule has 1 aromatic rings. The first-order valence-electron chi connectivity index (χ1n) is 10.1. The van der Waals surface area contributed by atoms with Crippen molar-refractivity contribution in [3.8, 4) is 17.6 Å². The van der Waals surface area contributed by atoms with Crippen LogP contribution in [0.25, 0.3) is 0 Å². The molecule has 1 N–H and O–H groups in total. The molecule has 0 amide bonds. The van der Waals surface area contributed by atoms with Crippen LogP contribution in [-0.2, 0) is 15.8 Å². The van der Waals surface area contributed by atoms with E-state index in [0.29, 0.717) is 19.6 Å². The van der Waals surface area contributed by atoms with Crippen LogP contribution in [0, 0.1) is 11.8 Å². The van der Waals surface area contributed by atoms with Gasteiger partial charge in [0.1, 0.15) is 11.9 Å². The Morgan fingerprint density at radius 1 is 1.11 bits per heavy atom. The highest BCUT2D eigenvalue weighted by Crippen LogP contribution is 2.36. The summed E-state index contributed by atoms with van der Waals surface area (Å²) in [6.07, 6.45) is 1.97. The van der Waals surface area contributed by atoms with E-state index in [1.807, 2.05) is 24.3 Å².